The zero-order chi connectivity index (χ0) is 10.4. The Bertz CT molecular complexity index is 221. The maximum atomic E-state index is 8.54. The predicted molar refractivity (Wildman–Crippen MR) is 57.9 cm³/mol. The number of nitriles is 1. The minimum absolute atomic E-state index is 0.578. The minimum Gasteiger partial charge on any atom is -0.300 e. The van der Waals surface area contributed by atoms with Gasteiger partial charge in [-0.2, -0.15) is 5.26 Å². The summed E-state index contributed by atoms with van der Waals surface area (Å²) in [6, 6.07) is 2.20. The summed E-state index contributed by atoms with van der Waals surface area (Å²) < 4.78 is 0. The molecule has 78 valence electrons. The lowest BCUT2D eigenvalue weighted by atomic mass is 10.2. The minimum atomic E-state index is 0.578. The Hall–Kier alpha value is -0.850. The van der Waals surface area contributed by atoms with Crippen LogP contribution in [0.5, 0.6) is 0 Å². The summed E-state index contributed by atoms with van der Waals surface area (Å²) in [5.41, 5.74) is 1.25. The zero-order valence-electron chi connectivity index (χ0n) is 9.00. The van der Waals surface area contributed by atoms with Gasteiger partial charge in [-0.3, -0.25) is 4.90 Å². The first-order chi connectivity index (χ1) is 6.72. The van der Waals surface area contributed by atoms with Gasteiger partial charge < -0.3 is 4.90 Å². The average Bonchev–Trinajstić information content (AvgIpc) is 2.17. The summed E-state index contributed by atoms with van der Waals surface area (Å²) in [7, 11) is 0. The van der Waals surface area contributed by atoms with Gasteiger partial charge in [0.25, 0.3) is 0 Å². The van der Waals surface area contributed by atoms with E-state index in [0.29, 0.717) is 6.54 Å². The van der Waals surface area contributed by atoms with Gasteiger partial charge in [0.15, 0.2) is 0 Å². The SMILES string of the molecule is C=C(C)CCN1CCN(CC#N)CC1. The number of piperazine rings is 1. The topological polar surface area (TPSA) is 30.3 Å². The van der Waals surface area contributed by atoms with Crippen molar-refractivity contribution in [3.05, 3.63) is 12.2 Å². The van der Waals surface area contributed by atoms with E-state index >= 15 is 0 Å². The fourth-order valence-electron chi connectivity index (χ4n) is 1.62. The third-order valence-electron chi connectivity index (χ3n) is 2.61. The number of nitrogens with zero attached hydrogens (tertiary/aromatic N) is 3. The Morgan fingerprint density at radius 1 is 1.29 bits per heavy atom. The standard InChI is InChI=1S/C11H19N3/c1-11(2)3-5-13-7-9-14(6-4-12)10-8-13/h1,3,5-10H2,2H3. The van der Waals surface area contributed by atoms with Gasteiger partial charge >= 0.3 is 0 Å². The molecule has 3 heteroatoms. The van der Waals surface area contributed by atoms with Crippen LogP contribution in [0.1, 0.15) is 13.3 Å². The van der Waals surface area contributed by atoms with E-state index in [9.17, 15) is 0 Å². The quantitative estimate of drug-likeness (QED) is 0.494. The van der Waals surface area contributed by atoms with E-state index in [2.05, 4.69) is 29.4 Å². The van der Waals surface area contributed by atoms with Crippen LogP contribution in [-0.2, 0) is 0 Å². The van der Waals surface area contributed by atoms with Gasteiger partial charge in [-0.1, -0.05) is 5.57 Å². The van der Waals surface area contributed by atoms with Crippen LogP contribution < -0.4 is 0 Å². The molecule has 0 aliphatic carbocycles. The van der Waals surface area contributed by atoms with Crippen LogP contribution in [0.15, 0.2) is 12.2 Å². The molecule has 1 fully saturated rings. The lowest BCUT2D eigenvalue weighted by Crippen LogP contribution is -2.46. The molecule has 3 nitrogen and oxygen atoms in total. The van der Waals surface area contributed by atoms with Crippen molar-refractivity contribution in [2.45, 2.75) is 13.3 Å². The molecule has 0 amide bonds. The molecule has 1 saturated heterocycles. The van der Waals surface area contributed by atoms with Crippen molar-refractivity contribution in [3.8, 4) is 6.07 Å². The number of hydrogen-bond donors (Lipinski definition) is 0. The van der Waals surface area contributed by atoms with Gasteiger partial charge in [-0.15, -0.1) is 6.58 Å². The average molecular weight is 193 g/mol. The van der Waals surface area contributed by atoms with Crippen molar-refractivity contribution >= 4 is 0 Å². The van der Waals surface area contributed by atoms with Gasteiger partial charge in [0.2, 0.25) is 0 Å². The molecular weight excluding hydrogens is 174 g/mol. The van der Waals surface area contributed by atoms with Crippen molar-refractivity contribution in [3.63, 3.8) is 0 Å². The van der Waals surface area contributed by atoms with E-state index < -0.39 is 0 Å². The summed E-state index contributed by atoms with van der Waals surface area (Å²) in [6.45, 7) is 11.9. The lowest BCUT2D eigenvalue weighted by molar-refractivity contribution is 0.145. The smallest absolute Gasteiger partial charge is 0.0866 e. The summed E-state index contributed by atoms with van der Waals surface area (Å²) in [6.07, 6.45) is 1.10. The maximum Gasteiger partial charge on any atom is 0.0866 e. The Morgan fingerprint density at radius 2 is 1.86 bits per heavy atom. The highest BCUT2D eigenvalue weighted by Crippen LogP contribution is 2.04. The molecule has 0 aromatic rings. The maximum absolute atomic E-state index is 8.54. The van der Waals surface area contributed by atoms with Crippen LogP contribution in [0.2, 0.25) is 0 Å². The first kappa shape index (κ1) is 11.2. The highest BCUT2D eigenvalue weighted by molar-refractivity contribution is 4.89. The van der Waals surface area contributed by atoms with E-state index in [1.54, 1.807) is 0 Å². The zero-order valence-corrected chi connectivity index (χ0v) is 9.00. The van der Waals surface area contributed by atoms with Crippen molar-refractivity contribution in [1.29, 1.82) is 5.26 Å². The van der Waals surface area contributed by atoms with Crippen LogP contribution in [0.3, 0.4) is 0 Å². The molecule has 0 atom stereocenters. The molecule has 0 saturated carbocycles. The van der Waals surface area contributed by atoms with Crippen LogP contribution in [0.4, 0.5) is 0 Å². The molecule has 0 radical (unpaired) electrons. The Labute approximate surface area is 86.6 Å². The molecule has 14 heavy (non-hydrogen) atoms. The first-order valence-corrected chi connectivity index (χ1v) is 5.18. The molecule has 0 bridgehead atoms. The van der Waals surface area contributed by atoms with Crippen LogP contribution in [0, 0.1) is 11.3 Å². The fourth-order valence-corrected chi connectivity index (χ4v) is 1.62. The molecule has 0 unspecified atom stereocenters. The van der Waals surface area contributed by atoms with E-state index in [-0.39, 0.29) is 0 Å². The first-order valence-electron chi connectivity index (χ1n) is 5.18. The van der Waals surface area contributed by atoms with Gasteiger partial charge in [-0.05, 0) is 13.3 Å². The highest BCUT2D eigenvalue weighted by atomic mass is 15.3. The van der Waals surface area contributed by atoms with Crippen molar-refractivity contribution in [2.24, 2.45) is 0 Å². The summed E-state index contributed by atoms with van der Waals surface area (Å²) in [5, 5.41) is 8.54. The number of rotatable bonds is 4. The van der Waals surface area contributed by atoms with Gasteiger partial charge in [-0.25, -0.2) is 0 Å². The van der Waals surface area contributed by atoms with E-state index in [1.807, 2.05) is 0 Å². The van der Waals surface area contributed by atoms with Crippen molar-refractivity contribution in [2.75, 3.05) is 39.3 Å². The largest absolute Gasteiger partial charge is 0.300 e. The molecule has 0 aromatic heterocycles. The Morgan fingerprint density at radius 3 is 2.36 bits per heavy atom. The normalized spacial score (nSPS) is 19.1. The monoisotopic (exact) mass is 193 g/mol. The summed E-state index contributed by atoms with van der Waals surface area (Å²) in [4.78, 5) is 4.65. The second-order valence-electron chi connectivity index (χ2n) is 3.98. The van der Waals surface area contributed by atoms with Crippen molar-refractivity contribution < 1.29 is 0 Å². The third-order valence-corrected chi connectivity index (χ3v) is 2.61. The van der Waals surface area contributed by atoms with Gasteiger partial charge in [0.05, 0.1) is 12.6 Å². The van der Waals surface area contributed by atoms with Gasteiger partial charge in [0, 0.05) is 32.7 Å². The third kappa shape index (κ3) is 3.91. The Kier molecular flexibility index (Phi) is 4.64. The van der Waals surface area contributed by atoms with Crippen LogP contribution >= 0.6 is 0 Å². The molecule has 0 N–H and O–H groups in total. The lowest BCUT2D eigenvalue weighted by Gasteiger charge is -2.33. The van der Waals surface area contributed by atoms with Crippen molar-refractivity contribution in [1.82, 2.24) is 9.80 Å². The van der Waals surface area contributed by atoms with E-state index in [1.165, 1.54) is 5.57 Å². The van der Waals surface area contributed by atoms with E-state index in [4.69, 9.17) is 5.26 Å². The fraction of sp³-hybridized carbons (Fsp3) is 0.727. The molecular formula is C11H19N3. The van der Waals surface area contributed by atoms with Crippen LogP contribution in [-0.4, -0.2) is 49.1 Å². The molecule has 0 spiro atoms. The molecule has 1 rings (SSSR count). The number of hydrogen-bond acceptors (Lipinski definition) is 3. The second-order valence-corrected chi connectivity index (χ2v) is 3.98. The summed E-state index contributed by atoms with van der Waals surface area (Å²) in [5.74, 6) is 0. The Balaban J connectivity index is 2.16. The highest BCUT2D eigenvalue weighted by Gasteiger charge is 2.15. The molecule has 1 aliphatic rings. The molecule has 0 aromatic carbocycles. The molecule has 1 heterocycles. The van der Waals surface area contributed by atoms with Gasteiger partial charge in [0.1, 0.15) is 0 Å². The molecule has 1 aliphatic heterocycles. The van der Waals surface area contributed by atoms with E-state index in [0.717, 1.165) is 39.1 Å². The summed E-state index contributed by atoms with van der Waals surface area (Å²) >= 11 is 0. The second kappa shape index (κ2) is 5.79. The predicted octanol–water partition coefficient (Wildman–Crippen LogP) is 1.09. The van der Waals surface area contributed by atoms with Crippen LogP contribution in [0.25, 0.3) is 0 Å².